The van der Waals surface area contributed by atoms with Crippen molar-refractivity contribution in [3.8, 4) is 0 Å². The van der Waals surface area contributed by atoms with E-state index < -0.39 is 0 Å². The number of benzene rings is 1. The van der Waals surface area contributed by atoms with Gasteiger partial charge in [-0.05, 0) is 49.2 Å². The maximum absolute atomic E-state index is 6.08. The van der Waals surface area contributed by atoms with Crippen molar-refractivity contribution in [2.75, 3.05) is 5.75 Å². The number of thioether (sulfide) groups is 1. The van der Waals surface area contributed by atoms with Crippen LogP contribution in [-0.2, 0) is 9.31 Å². The monoisotopic (exact) mass is 326 g/mol. The highest BCUT2D eigenvalue weighted by Gasteiger charge is 2.43. The summed E-state index contributed by atoms with van der Waals surface area (Å²) >= 11 is 1.83. The van der Waals surface area contributed by atoms with Crippen LogP contribution in [0, 0.1) is 0 Å². The van der Waals surface area contributed by atoms with Crippen molar-refractivity contribution in [3.05, 3.63) is 59.5 Å². The molecule has 2 nitrogen and oxygen atoms in total. The molecule has 2 aliphatic rings. The summed E-state index contributed by atoms with van der Waals surface area (Å²) in [6.07, 6.45) is 9.65. The molecular formula is C19H23BO2S. The molecule has 1 saturated heterocycles. The van der Waals surface area contributed by atoms with Crippen molar-refractivity contribution in [2.24, 2.45) is 0 Å². The number of rotatable bonds is 2. The summed E-state index contributed by atoms with van der Waals surface area (Å²) in [5.74, 6) is 1.01. The van der Waals surface area contributed by atoms with Crippen molar-refractivity contribution in [1.29, 1.82) is 0 Å². The van der Waals surface area contributed by atoms with E-state index in [9.17, 15) is 0 Å². The lowest BCUT2D eigenvalue weighted by Gasteiger charge is -2.21. The third kappa shape index (κ3) is 4.00. The summed E-state index contributed by atoms with van der Waals surface area (Å²) in [6.45, 7) is 6.23. The fourth-order valence-electron chi connectivity index (χ4n) is 2.63. The zero-order chi connectivity index (χ0) is 16.3. The Morgan fingerprint density at radius 3 is 2.83 bits per heavy atom. The van der Waals surface area contributed by atoms with E-state index in [0.717, 1.165) is 17.6 Å². The topological polar surface area (TPSA) is 18.5 Å². The van der Waals surface area contributed by atoms with Crippen LogP contribution in [0.2, 0.25) is 0 Å². The fourth-order valence-corrected chi connectivity index (χ4v) is 3.38. The first-order valence-corrected chi connectivity index (χ1v) is 9.17. The molecule has 23 heavy (non-hydrogen) atoms. The van der Waals surface area contributed by atoms with Gasteiger partial charge in [-0.1, -0.05) is 48.6 Å². The molecule has 4 heteroatoms. The summed E-state index contributed by atoms with van der Waals surface area (Å²) < 4.78 is 12.1. The SMILES string of the molecule is CC1OB(c2cccc(/C3=C/SC/C=C\C=C/C3)c2)OC1(C)C. The van der Waals surface area contributed by atoms with Gasteiger partial charge in [0.2, 0.25) is 0 Å². The van der Waals surface area contributed by atoms with Crippen LogP contribution in [0.4, 0.5) is 0 Å². The summed E-state index contributed by atoms with van der Waals surface area (Å²) in [7, 11) is -0.276. The lowest BCUT2D eigenvalue weighted by molar-refractivity contribution is 0.0842. The van der Waals surface area contributed by atoms with Crippen LogP contribution in [-0.4, -0.2) is 24.6 Å². The number of hydrogen-bond donors (Lipinski definition) is 0. The Morgan fingerprint density at radius 2 is 2.04 bits per heavy atom. The highest BCUT2D eigenvalue weighted by molar-refractivity contribution is 8.02. The second-order valence-electron chi connectivity index (χ2n) is 6.49. The molecule has 1 fully saturated rings. The van der Waals surface area contributed by atoms with Crippen molar-refractivity contribution in [1.82, 2.24) is 0 Å². The minimum Gasteiger partial charge on any atom is -0.402 e. The van der Waals surface area contributed by atoms with Gasteiger partial charge in [-0.15, -0.1) is 11.8 Å². The smallest absolute Gasteiger partial charge is 0.402 e. The molecule has 0 saturated carbocycles. The minimum atomic E-state index is -0.276. The average molecular weight is 326 g/mol. The molecule has 1 aromatic carbocycles. The molecule has 120 valence electrons. The zero-order valence-electron chi connectivity index (χ0n) is 14.0. The zero-order valence-corrected chi connectivity index (χ0v) is 14.8. The molecule has 3 rings (SSSR count). The highest BCUT2D eigenvalue weighted by Crippen LogP contribution is 2.28. The van der Waals surface area contributed by atoms with Crippen LogP contribution < -0.4 is 5.46 Å². The summed E-state index contributed by atoms with van der Waals surface area (Å²) in [6, 6.07) is 8.54. The molecule has 1 unspecified atom stereocenters. The maximum Gasteiger partial charge on any atom is 0.494 e. The van der Waals surface area contributed by atoms with Gasteiger partial charge in [0.05, 0.1) is 11.7 Å². The van der Waals surface area contributed by atoms with Crippen molar-refractivity contribution >= 4 is 29.9 Å². The second kappa shape index (κ2) is 7.12. The van der Waals surface area contributed by atoms with Crippen molar-refractivity contribution < 1.29 is 9.31 Å². The third-order valence-corrected chi connectivity index (χ3v) is 5.22. The standard InChI is InChI=1S/C19H23BO2S/c1-15-19(2,3)22-20(21-15)18-11-8-10-16(13-18)17-9-6-4-5-7-12-23-14-17/h4-8,10-11,13-15H,9,12H2,1-3H3/b6-4-,7-5-,17-14+. The number of hydrogen-bond acceptors (Lipinski definition) is 3. The molecule has 0 aromatic heterocycles. The Kier molecular flexibility index (Phi) is 5.15. The predicted octanol–water partition coefficient (Wildman–Crippen LogP) is 4.19. The Labute approximate surface area is 143 Å². The van der Waals surface area contributed by atoms with Gasteiger partial charge in [0.1, 0.15) is 0 Å². The van der Waals surface area contributed by atoms with Crippen LogP contribution in [0.25, 0.3) is 5.57 Å². The minimum absolute atomic E-state index is 0.0878. The molecule has 0 N–H and O–H groups in total. The highest BCUT2D eigenvalue weighted by atomic mass is 32.2. The Hall–Kier alpha value is -1.23. The molecule has 0 spiro atoms. The van der Waals surface area contributed by atoms with Gasteiger partial charge < -0.3 is 9.31 Å². The van der Waals surface area contributed by atoms with Crippen molar-refractivity contribution in [3.63, 3.8) is 0 Å². The molecule has 1 aromatic rings. The van der Waals surface area contributed by atoms with Gasteiger partial charge in [-0.3, -0.25) is 0 Å². The lowest BCUT2D eigenvalue weighted by Crippen LogP contribution is -2.34. The Balaban J connectivity index is 1.83. The quantitative estimate of drug-likeness (QED) is 0.760. The average Bonchev–Trinajstić information content (AvgIpc) is 2.89. The maximum atomic E-state index is 6.08. The molecule has 2 heterocycles. The van der Waals surface area contributed by atoms with Gasteiger partial charge in [0, 0.05) is 5.75 Å². The first-order chi connectivity index (χ1) is 11.1. The molecule has 1 atom stereocenters. The van der Waals surface area contributed by atoms with Crippen LogP contribution in [0.1, 0.15) is 32.8 Å². The molecule has 0 aliphatic carbocycles. The normalized spacial score (nSPS) is 29.1. The van der Waals surface area contributed by atoms with Crippen LogP contribution in [0.15, 0.2) is 54.0 Å². The largest absolute Gasteiger partial charge is 0.494 e. The number of allylic oxidation sites excluding steroid dienone is 4. The third-order valence-electron chi connectivity index (χ3n) is 4.39. The van der Waals surface area contributed by atoms with E-state index >= 15 is 0 Å². The Bertz CT molecular complexity index is 649. The summed E-state index contributed by atoms with van der Waals surface area (Å²) in [4.78, 5) is 0. The van der Waals surface area contributed by atoms with Gasteiger partial charge >= 0.3 is 7.12 Å². The van der Waals surface area contributed by atoms with E-state index in [2.05, 4.69) is 74.7 Å². The molecule has 2 aliphatic heterocycles. The van der Waals surface area contributed by atoms with Gasteiger partial charge in [0.15, 0.2) is 0 Å². The molecule has 0 amide bonds. The first-order valence-electron chi connectivity index (χ1n) is 8.12. The van der Waals surface area contributed by atoms with E-state index in [1.165, 1.54) is 11.1 Å². The van der Waals surface area contributed by atoms with E-state index in [1.807, 2.05) is 11.8 Å². The summed E-state index contributed by atoms with van der Waals surface area (Å²) in [5, 5.41) is 2.27. The van der Waals surface area contributed by atoms with E-state index in [0.29, 0.717) is 0 Å². The Morgan fingerprint density at radius 1 is 1.22 bits per heavy atom. The first kappa shape index (κ1) is 16.6. The fraction of sp³-hybridized carbons (Fsp3) is 0.368. The van der Waals surface area contributed by atoms with E-state index in [1.54, 1.807) is 0 Å². The second-order valence-corrected chi connectivity index (χ2v) is 7.40. The molecular weight excluding hydrogens is 303 g/mol. The van der Waals surface area contributed by atoms with E-state index in [-0.39, 0.29) is 18.8 Å². The summed E-state index contributed by atoms with van der Waals surface area (Å²) in [5.41, 5.74) is 3.42. The van der Waals surface area contributed by atoms with Crippen molar-refractivity contribution in [2.45, 2.75) is 38.9 Å². The van der Waals surface area contributed by atoms with Gasteiger partial charge in [-0.25, -0.2) is 0 Å². The van der Waals surface area contributed by atoms with E-state index in [4.69, 9.17) is 9.31 Å². The van der Waals surface area contributed by atoms with Crippen LogP contribution in [0.3, 0.4) is 0 Å². The van der Waals surface area contributed by atoms with Crippen LogP contribution >= 0.6 is 11.8 Å². The van der Waals surface area contributed by atoms with Gasteiger partial charge in [-0.2, -0.15) is 0 Å². The lowest BCUT2D eigenvalue weighted by atomic mass is 9.78. The predicted molar refractivity (Wildman–Crippen MR) is 101 cm³/mol. The molecule has 0 bridgehead atoms. The van der Waals surface area contributed by atoms with Crippen LogP contribution in [0.5, 0.6) is 0 Å². The molecule has 0 radical (unpaired) electrons. The van der Waals surface area contributed by atoms with Gasteiger partial charge in [0.25, 0.3) is 0 Å².